The van der Waals surface area contributed by atoms with Gasteiger partial charge in [0.2, 0.25) is 5.91 Å². The fourth-order valence-electron chi connectivity index (χ4n) is 2.08. The summed E-state index contributed by atoms with van der Waals surface area (Å²) in [6.07, 6.45) is 0. The molecule has 2 N–H and O–H groups in total. The van der Waals surface area contributed by atoms with Gasteiger partial charge < -0.3 is 15.0 Å². The summed E-state index contributed by atoms with van der Waals surface area (Å²) in [5, 5.41) is 3.50. The first-order chi connectivity index (χ1) is 12.9. The fraction of sp³-hybridized carbons (Fsp3) is 0.333. The van der Waals surface area contributed by atoms with Gasteiger partial charge in [0.15, 0.2) is 5.16 Å². The quantitative estimate of drug-likeness (QED) is 0.394. The van der Waals surface area contributed by atoms with E-state index in [-0.39, 0.29) is 22.8 Å². The molecule has 0 saturated heterocycles. The predicted octanol–water partition coefficient (Wildman–Crippen LogP) is 2.93. The van der Waals surface area contributed by atoms with E-state index in [1.54, 1.807) is 36.0 Å². The van der Waals surface area contributed by atoms with Crippen LogP contribution in [0.25, 0.3) is 0 Å². The molecule has 7 nitrogen and oxygen atoms in total. The van der Waals surface area contributed by atoms with Gasteiger partial charge in [0.05, 0.1) is 29.8 Å². The Morgan fingerprint density at radius 3 is 2.74 bits per heavy atom. The Morgan fingerprint density at radius 1 is 1.30 bits per heavy atom. The van der Waals surface area contributed by atoms with Crippen LogP contribution in [0.15, 0.2) is 40.3 Å². The number of H-pyrrole nitrogens is 1. The number of hydrogen-bond acceptors (Lipinski definition) is 7. The van der Waals surface area contributed by atoms with Gasteiger partial charge in [0.1, 0.15) is 0 Å². The number of esters is 1. The number of anilines is 1. The molecule has 0 aliphatic rings. The monoisotopic (exact) mass is 407 g/mol. The lowest BCUT2D eigenvalue weighted by Crippen LogP contribution is -2.18. The van der Waals surface area contributed by atoms with Crippen LogP contribution >= 0.6 is 23.5 Å². The van der Waals surface area contributed by atoms with Crippen molar-refractivity contribution in [3.8, 4) is 0 Å². The summed E-state index contributed by atoms with van der Waals surface area (Å²) in [6.45, 7) is 4.15. The zero-order chi connectivity index (χ0) is 19.8. The van der Waals surface area contributed by atoms with Gasteiger partial charge >= 0.3 is 5.97 Å². The van der Waals surface area contributed by atoms with Gasteiger partial charge in [-0.1, -0.05) is 37.7 Å². The summed E-state index contributed by atoms with van der Waals surface area (Å²) in [4.78, 5) is 42.8. The van der Waals surface area contributed by atoms with Gasteiger partial charge in [-0.15, -0.1) is 0 Å². The number of para-hydroxylation sites is 1. The molecule has 0 fully saturated rings. The van der Waals surface area contributed by atoms with Gasteiger partial charge in [0.25, 0.3) is 5.56 Å². The Labute approximate surface area is 165 Å². The van der Waals surface area contributed by atoms with Gasteiger partial charge in [-0.25, -0.2) is 9.78 Å². The van der Waals surface area contributed by atoms with Crippen molar-refractivity contribution >= 4 is 41.1 Å². The SMILES string of the molecule is COC(=O)c1ccccc1NC(=O)CSc1nc(CSC(C)C)cc(=O)[nH]1. The molecule has 0 spiro atoms. The van der Waals surface area contributed by atoms with Crippen LogP contribution in [-0.4, -0.2) is 40.0 Å². The minimum atomic E-state index is -0.528. The zero-order valence-corrected chi connectivity index (χ0v) is 16.9. The third-order valence-corrected chi connectivity index (χ3v) is 5.29. The van der Waals surface area contributed by atoms with Crippen molar-refractivity contribution in [1.29, 1.82) is 0 Å². The topological polar surface area (TPSA) is 101 Å². The summed E-state index contributed by atoms with van der Waals surface area (Å²) < 4.78 is 4.71. The number of rotatable bonds is 8. The highest BCUT2D eigenvalue weighted by Gasteiger charge is 2.14. The maximum atomic E-state index is 12.2. The lowest BCUT2D eigenvalue weighted by molar-refractivity contribution is -0.113. The highest BCUT2D eigenvalue weighted by Crippen LogP contribution is 2.19. The van der Waals surface area contributed by atoms with Crippen molar-refractivity contribution in [2.45, 2.75) is 30.0 Å². The third-order valence-electron chi connectivity index (χ3n) is 3.28. The van der Waals surface area contributed by atoms with E-state index in [0.717, 1.165) is 11.8 Å². The van der Waals surface area contributed by atoms with E-state index in [9.17, 15) is 14.4 Å². The first-order valence-electron chi connectivity index (χ1n) is 8.21. The molecule has 2 aromatic rings. The molecule has 0 aliphatic heterocycles. The van der Waals surface area contributed by atoms with Crippen LogP contribution in [0.3, 0.4) is 0 Å². The molecule has 0 atom stereocenters. The summed E-state index contributed by atoms with van der Waals surface area (Å²) in [6, 6.07) is 8.06. The van der Waals surface area contributed by atoms with Crippen molar-refractivity contribution in [3.05, 3.63) is 51.9 Å². The molecule has 9 heteroatoms. The molecule has 1 amide bonds. The van der Waals surface area contributed by atoms with Crippen LogP contribution in [0.5, 0.6) is 0 Å². The number of nitrogens with one attached hydrogen (secondary N) is 2. The second-order valence-corrected chi connectivity index (χ2v) is 8.30. The van der Waals surface area contributed by atoms with Crippen LogP contribution in [-0.2, 0) is 15.3 Å². The van der Waals surface area contributed by atoms with Crippen LogP contribution in [0.1, 0.15) is 29.9 Å². The number of benzene rings is 1. The number of aromatic amines is 1. The molecule has 0 radical (unpaired) electrons. The van der Waals surface area contributed by atoms with Crippen molar-refractivity contribution in [2.24, 2.45) is 0 Å². The second kappa shape index (κ2) is 10.2. The normalized spacial score (nSPS) is 10.7. The number of carbonyl (C=O) groups is 2. The number of hydrogen-bond donors (Lipinski definition) is 2. The lowest BCUT2D eigenvalue weighted by atomic mass is 10.2. The van der Waals surface area contributed by atoms with Gasteiger partial charge in [-0.2, -0.15) is 11.8 Å². The minimum absolute atomic E-state index is 0.0409. The Kier molecular flexibility index (Phi) is 7.93. The first-order valence-corrected chi connectivity index (χ1v) is 10.2. The molecule has 0 bridgehead atoms. The first kappa shape index (κ1) is 21.0. The van der Waals surface area contributed by atoms with E-state index in [0.29, 0.717) is 27.5 Å². The van der Waals surface area contributed by atoms with Gasteiger partial charge in [-0.3, -0.25) is 9.59 Å². The molecule has 1 heterocycles. The minimum Gasteiger partial charge on any atom is -0.465 e. The van der Waals surface area contributed by atoms with Crippen molar-refractivity contribution < 1.29 is 14.3 Å². The van der Waals surface area contributed by atoms with Crippen molar-refractivity contribution in [3.63, 3.8) is 0 Å². The molecule has 1 aromatic heterocycles. The molecule has 2 rings (SSSR count). The van der Waals surface area contributed by atoms with Gasteiger partial charge in [0, 0.05) is 11.8 Å². The van der Waals surface area contributed by atoms with Crippen LogP contribution < -0.4 is 10.9 Å². The second-order valence-electron chi connectivity index (χ2n) is 5.78. The molecule has 144 valence electrons. The number of ether oxygens (including phenoxy) is 1. The van der Waals surface area contributed by atoms with E-state index in [1.807, 2.05) is 0 Å². The highest BCUT2D eigenvalue weighted by atomic mass is 32.2. The molecule has 0 aliphatic carbocycles. The summed E-state index contributed by atoms with van der Waals surface area (Å²) >= 11 is 2.81. The Bertz CT molecular complexity index is 868. The van der Waals surface area contributed by atoms with Gasteiger partial charge in [-0.05, 0) is 17.4 Å². The number of nitrogens with zero attached hydrogens (tertiary/aromatic N) is 1. The van der Waals surface area contributed by atoms with Crippen LogP contribution in [0.4, 0.5) is 5.69 Å². The molecule has 0 unspecified atom stereocenters. The molecular formula is C18H21N3O4S2. The lowest BCUT2D eigenvalue weighted by Gasteiger charge is -2.09. The molecule has 27 heavy (non-hydrogen) atoms. The maximum absolute atomic E-state index is 12.2. The number of methoxy groups -OCH3 is 1. The average Bonchev–Trinajstić information content (AvgIpc) is 2.64. The number of thioether (sulfide) groups is 2. The van der Waals surface area contributed by atoms with E-state index >= 15 is 0 Å². The Balaban J connectivity index is 2.00. The smallest absolute Gasteiger partial charge is 0.339 e. The Morgan fingerprint density at radius 2 is 2.04 bits per heavy atom. The molecular weight excluding hydrogens is 386 g/mol. The number of carbonyl (C=O) groups excluding carboxylic acids is 2. The number of amides is 1. The molecule has 1 aromatic carbocycles. The van der Waals surface area contributed by atoms with E-state index in [1.165, 1.54) is 13.2 Å². The van der Waals surface area contributed by atoms with Crippen molar-refractivity contribution in [1.82, 2.24) is 9.97 Å². The maximum Gasteiger partial charge on any atom is 0.339 e. The highest BCUT2D eigenvalue weighted by molar-refractivity contribution is 7.99. The summed E-state index contributed by atoms with van der Waals surface area (Å²) in [7, 11) is 1.28. The molecule has 0 saturated carbocycles. The third kappa shape index (κ3) is 6.76. The van der Waals surface area contributed by atoms with E-state index in [4.69, 9.17) is 4.74 Å². The summed E-state index contributed by atoms with van der Waals surface area (Å²) in [5.41, 5.74) is 1.08. The standard InChI is InChI=1S/C18H21N3O4S2/c1-11(2)26-9-12-8-15(22)21-18(19-12)27-10-16(23)20-14-7-5-4-6-13(14)17(24)25-3/h4-8,11H,9-10H2,1-3H3,(H,20,23)(H,19,21,22). The zero-order valence-electron chi connectivity index (χ0n) is 15.3. The summed E-state index contributed by atoms with van der Waals surface area (Å²) in [5.74, 6) is -0.173. The van der Waals surface area contributed by atoms with Crippen molar-refractivity contribution in [2.75, 3.05) is 18.2 Å². The predicted molar refractivity (Wildman–Crippen MR) is 108 cm³/mol. The Hall–Kier alpha value is -2.26. The average molecular weight is 408 g/mol. The largest absolute Gasteiger partial charge is 0.465 e. The van der Waals surface area contributed by atoms with E-state index in [2.05, 4.69) is 29.1 Å². The number of aromatic nitrogens is 2. The fourth-order valence-corrected chi connectivity index (χ4v) is 3.42. The van der Waals surface area contributed by atoms with Crippen LogP contribution in [0.2, 0.25) is 0 Å². The van der Waals surface area contributed by atoms with E-state index < -0.39 is 5.97 Å². The van der Waals surface area contributed by atoms with Crippen LogP contribution in [0, 0.1) is 0 Å².